The molecule has 0 radical (unpaired) electrons. The van der Waals surface area contributed by atoms with E-state index in [1.807, 2.05) is 29.2 Å². The van der Waals surface area contributed by atoms with Crippen LogP contribution in [0.3, 0.4) is 0 Å². The van der Waals surface area contributed by atoms with Gasteiger partial charge in [0, 0.05) is 31.2 Å². The Kier molecular flexibility index (Phi) is 8.73. The first-order chi connectivity index (χ1) is 17.9. The second-order valence-corrected chi connectivity index (χ2v) is 11.0. The van der Waals surface area contributed by atoms with E-state index in [1.54, 1.807) is 4.90 Å². The van der Waals surface area contributed by atoms with Gasteiger partial charge in [0.15, 0.2) is 0 Å². The Morgan fingerprint density at radius 1 is 1.19 bits per heavy atom. The molecule has 2 heterocycles. The van der Waals surface area contributed by atoms with Crippen molar-refractivity contribution in [3.63, 3.8) is 0 Å². The zero-order valence-electron chi connectivity index (χ0n) is 21.8. The van der Waals surface area contributed by atoms with Crippen LogP contribution in [0.1, 0.15) is 70.3 Å². The van der Waals surface area contributed by atoms with Crippen LogP contribution in [-0.4, -0.2) is 65.5 Å². The van der Waals surface area contributed by atoms with Crippen LogP contribution in [0, 0.1) is 29.1 Å². The monoisotopic (exact) mass is 509 g/mol. The molecule has 4 atom stereocenters. The third kappa shape index (κ3) is 5.76. The predicted octanol–water partition coefficient (Wildman–Crippen LogP) is 3.99. The lowest BCUT2D eigenvalue weighted by Gasteiger charge is -2.43. The number of carbonyl (C=O) groups excluding carboxylic acids is 2. The molecule has 1 aromatic carbocycles. The third-order valence-electron chi connectivity index (χ3n) is 8.77. The number of carbonyl (C=O) groups is 3. The zero-order chi connectivity index (χ0) is 26.4. The van der Waals surface area contributed by atoms with Crippen LogP contribution in [-0.2, 0) is 19.8 Å². The van der Waals surface area contributed by atoms with Crippen molar-refractivity contribution in [2.24, 2.45) is 17.8 Å². The summed E-state index contributed by atoms with van der Waals surface area (Å²) in [7, 11) is 0. The summed E-state index contributed by atoms with van der Waals surface area (Å²) in [5, 5.41) is 19.6. The predicted molar refractivity (Wildman–Crippen MR) is 138 cm³/mol. The number of nitrogens with zero attached hydrogens (tertiary/aromatic N) is 3. The number of aliphatic carboxylic acids is 1. The standard InChI is InChI=1S/C29H39N3O5/c1-2-6-25-23(7-5-14-32(25)20-33)27(34)31-15-12-29(19-30,13-16-31)24-8-3-4-9-26(24)37-18-21-10-11-22(17-21)28(35)36/h3-4,8-9,20-23,25H,2,5-7,10-18H2,1H3,(H,35,36). The molecule has 1 aliphatic carbocycles. The number of hydrogen-bond donors (Lipinski definition) is 1. The second kappa shape index (κ2) is 12.0. The summed E-state index contributed by atoms with van der Waals surface area (Å²) in [6.07, 6.45) is 7.47. The first-order valence-electron chi connectivity index (χ1n) is 13.8. The maximum atomic E-state index is 13.6. The quantitative estimate of drug-likeness (QED) is 0.504. The van der Waals surface area contributed by atoms with Crippen LogP contribution in [0.15, 0.2) is 24.3 Å². The van der Waals surface area contributed by atoms with Gasteiger partial charge in [-0.2, -0.15) is 5.26 Å². The fourth-order valence-corrected chi connectivity index (χ4v) is 6.60. The summed E-state index contributed by atoms with van der Waals surface area (Å²) < 4.78 is 6.20. The van der Waals surface area contributed by atoms with Crippen molar-refractivity contribution < 1.29 is 24.2 Å². The molecule has 4 rings (SSSR count). The number of carboxylic acid groups (broad SMARTS) is 1. The first-order valence-corrected chi connectivity index (χ1v) is 13.8. The van der Waals surface area contributed by atoms with Gasteiger partial charge in [0.05, 0.1) is 29.9 Å². The Balaban J connectivity index is 1.42. The molecule has 1 saturated carbocycles. The van der Waals surface area contributed by atoms with E-state index in [2.05, 4.69) is 13.0 Å². The maximum Gasteiger partial charge on any atom is 0.306 e. The molecule has 1 N–H and O–H groups in total. The van der Waals surface area contributed by atoms with Crippen LogP contribution in [0.25, 0.3) is 0 Å². The summed E-state index contributed by atoms with van der Waals surface area (Å²) in [6.45, 7) is 4.24. The van der Waals surface area contributed by atoms with E-state index >= 15 is 0 Å². The minimum atomic E-state index is -0.739. The van der Waals surface area contributed by atoms with Crippen LogP contribution >= 0.6 is 0 Å². The van der Waals surface area contributed by atoms with Crippen LogP contribution in [0.2, 0.25) is 0 Å². The fraction of sp³-hybridized carbons (Fsp3) is 0.655. The molecular weight excluding hydrogens is 470 g/mol. The molecule has 2 saturated heterocycles. The summed E-state index contributed by atoms with van der Waals surface area (Å²) in [5.74, 6) is -0.222. The highest BCUT2D eigenvalue weighted by Crippen LogP contribution is 2.41. The number of rotatable bonds is 9. The Labute approximate surface area is 219 Å². The lowest BCUT2D eigenvalue weighted by Crippen LogP contribution is -2.53. The van der Waals surface area contributed by atoms with Gasteiger partial charge >= 0.3 is 5.97 Å². The number of amides is 2. The SMILES string of the molecule is CCCC1C(C(=O)N2CCC(C#N)(c3ccccc3OCC3CCC(C(=O)O)C3)CC2)CCCN1C=O. The van der Waals surface area contributed by atoms with Crippen molar-refractivity contribution in [1.82, 2.24) is 9.80 Å². The summed E-state index contributed by atoms with van der Waals surface area (Å²) in [5.41, 5.74) is 0.114. The van der Waals surface area contributed by atoms with Gasteiger partial charge < -0.3 is 19.6 Å². The van der Waals surface area contributed by atoms with E-state index in [0.717, 1.165) is 44.1 Å². The van der Waals surface area contributed by atoms with Gasteiger partial charge in [-0.15, -0.1) is 0 Å². The minimum absolute atomic E-state index is 0.0446. The molecule has 0 bridgehead atoms. The van der Waals surface area contributed by atoms with Crippen molar-refractivity contribution in [2.75, 3.05) is 26.2 Å². The maximum absolute atomic E-state index is 13.6. The van der Waals surface area contributed by atoms with Crippen molar-refractivity contribution >= 4 is 18.3 Å². The van der Waals surface area contributed by atoms with Crippen molar-refractivity contribution in [3.05, 3.63) is 29.8 Å². The molecule has 37 heavy (non-hydrogen) atoms. The first kappa shape index (κ1) is 27.0. The molecule has 1 aromatic rings. The molecule has 2 amide bonds. The lowest BCUT2D eigenvalue weighted by molar-refractivity contribution is -0.143. The number of benzene rings is 1. The van der Waals surface area contributed by atoms with Crippen LogP contribution < -0.4 is 4.74 Å². The largest absolute Gasteiger partial charge is 0.493 e. The van der Waals surface area contributed by atoms with Gasteiger partial charge in [0.25, 0.3) is 0 Å². The fourth-order valence-electron chi connectivity index (χ4n) is 6.60. The smallest absolute Gasteiger partial charge is 0.306 e. The Hall–Kier alpha value is -3.08. The lowest BCUT2D eigenvalue weighted by atomic mass is 9.73. The highest BCUT2D eigenvalue weighted by molar-refractivity contribution is 5.80. The average molecular weight is 510 g/mol. The highest BCUT2D eigenvalue weighted by atomic mass is 16.5. The van der Waals surface area contributed by atoms with Crippen molar-refractivity contribution in [1.29, 1.82) is 5.26 Å². The topological polar surface area (TPSA) is 111 Å². The van der Waals surface area contributed by atoms with Gasteiger partial charge in [-0.1, -0.05) is 31.5 Å². The third-order valence-corrected chi connectivity index (χ3v) is 8.77. The van der Waals surface area contributed by atoms with Gasteiger partial charge in [-0.3, -0.25) is 14.4 Å². The van der Waals surface area contributed by atoms with E-state index in [0.29, 0.717) is 57.7 Å². The molecular formula is C29H39N3O5. The van der Waals surface area contributed by atoms with Gasteiger partial charge in [-0.25, -0.2) is 0 Å². The number of carboxylic acids is 1. The number of ether oxygens (including phenoxy) is 1. The molecule has 0 spiro atoms. The zero-order valence-corrected chi connectivity index (χ0v) is 21.8. The molecule has 3 aliphatic rings. The number of nitriles is 1. The molecule has 3 fully saturated rings. The Bertz CT molecular complexity index is 1010. The van der Waals surface area contributed by atoms with Gasteiger partial charge in [0.2, 0.25) is 12.3 Å². The van der Waals surface area contributed by atoms with E-state index < -0.39 is 11.4 Å². The molecule has 2 aliphatic heterocycles. The van der Waals surface area contributed by atoms with Crippen LogP contribution in [0.5, 0.6) is 5.75 Å². The van der Waals surface area contributed by atoms with Gasteiger partial charge in [-0.05, 0) is 63.4 Å². The average Bonchev–Trinajstić information content (AvgIpc) is 3.42. The molecule has 200 valence electrons. The van der Waals surface area contributed by atoms with Crippen LogP contribution in [0.4, 0.5) is 0 Å². The van der Waals surface area contributed by atoms with E-state index in [9.17, 15) is 24.8 Å². The number of hydrogen-bond acceptors (Lipinski definition) is 5. The molecule has 8 heteroatoms. The normalized spacial score (nSPS) is 27.4. The molecule has 8 nitrogen and oxygen atoms in total. The van der Waals surface area contributed by atoms with Crippen molar-refractivity contribution in [3.8, 4) is 11.8 Å². The van der Waals surface area contributed by atoms with E-state index in [-0.39, 0.29) is 29.7 Å². The minimum Gasteiger partial charge on any atom is -0.493 e. The summed E-state index contributed by atoms with van der Waals surface area (Å²) in [6, 6.07) is 10.2. The Morgan fingerprint density at radius 3 is 2.59 bits per heavy atom. The number of piperidine rings is 2. The molecule has 4 unspecified atom stereocenters. The second-order valence-electron chi connectivity index (χ2n) is 11.0. The van der Waals surface area contributed by atoms with E-state index in [1.165, 1.54) is 0 Å². The highest BCUT2D eigenvalue weighted by Gasteiger charge is 2.43. The van der Waals surface area contributed by atoms with Gasteiger partial charge in [0.1, 0.15) is 5.75 Å². The van der Waals surface area contributed by atoms with E-state index in [4.69, 9.17) is 4.74 Å². The number of para-hydroxylation sites is 1. The molecule has 0 aromatic heterocycles. The summed E-state index contributed by atoms with van der Waals surface area (Å²) >= 11 is 0. The summed E-state index contributed by atoms with van der Waals surface area (Å²) in [4.78, 5) is 40.2. The van der Waals surface area contributed by atoms with Crippen molar-refractivity contribution in [2.45, 2.75) is 76.2 Å². The Morgan fingerprint density at radius 2 is 1.95 bits per heavy atom. The number of likely N-dealkylation sites (tertiary alicyclic amines) is 2.